The second kappa shape index (κ2) is 11.9. The van der Waals surface area contributed by atoms with Crippen molar-refractivity contribution < 1.29 is 27.2 Å². The average Bonchev–Trinajstić information content (AvgIpc) is 2.60. The molecule has 0 aliphatic heterocycles. The van der Waals surface area contributed by atoms with Crippen LogP contribution in [0.15, 0.2) is 34.1 Å². The molecule has 1 aromatic rings. The maximum absolute atomic E-state index is 13.5. The Labute approximate surface area is 165 Å². The second-order valence-corrected chi connectivity index (χ2v) is 12.2. The highest BCUT2D eigenvalue weighted by molar-refractivity contribution is 8.13. The highest BCUT2D eigenvalue weighted by Crippen LogP contribution is 2.75. The number of hydrogen-bond donors (Lipinski definition) is 0. The molecule has 0 heterocycles. The van der Waals surface area contributed by atoms with Crippen LogP contribution in [0.5, 0.6) is 0 Å². The van der Waals surface area contributed by atoms with Crippen molar-refractivity contribution in [1.29, 1.82) is 0 Å². The van der Waals surface area contributed by atoms with Gasteiger partial charge >= 0.3 is 15.2 Å². The summed E-state index contributed by atoms with van der Waals surface area (Å²) >= 11 is 2.72. The Morgan fingerprint density at radius 1 is 0.808 bits per heavy atom. The summed E-state index contributed by atoms with van der Waals surface area (Å²) in [5.41, 5.74) is 0. The van der Waals surface area contributed by atoms with Crippen LogP contribution in [-0.2, 0) is 27.2 Å². The molecule has 1 rings (SSSR count). The Hall–Kier alpha value is 0.220. The van der Waals surface area contributed by atoms with Crippen molar-refractivity contribution in [1.82, 2.24) is 0 Å². The molecule has 6 nitrogen and oxygen atoms in total. The molecule has 0 aliphatic rings. The first-order chi connectivity index (χ1) is 12.4. The number of hydrogen-bond acceptors (Lipinski definition) is 8. The first kappa shape index (κ1) is 24.3. The molecule has 0 N–H and O–H groups in total. The van der Waals surface area contributed by atoms with Gasteiger partial charge in [-0.3, -0.25) is 9.13 Å². The summed E-state index contributed by atoms with van der Waals surface area (Å²) in [7, 11) is -7.53. The van der Waals surface area contributed by atoms with Gasteiger partial charge in [0, 0.05) is 9.79 Å². The van der Waals surface area contributed by atoms with Crippen LogP contribution in [0.25, 0.3) is 0 Å². The van der Waals surface area contributed by atoms with Crippen LogP contribution in [-0.4, -0.2) is 37.4 Å². The second-order valence-electron chi connectivity index (χ2n) is 4.85. The highest BCUT2D eigenvalue weighted by atomic mass is 32.2. The standard InChI is InChI=1S/C16H28O6P2S2/c1-6-19-23(17,20-7-2)16(24(18,21-8-3)22-9-4)26-15-13-11-10-12-14(15)25-5/h10-13,16H,6-9H2,1-5H3. The van der Waals surface area contributed by atoms with Gasteiger partial charge in [0.2, 0.25) is 4.73 Å². The van der Waals surface area contributed by atoms with E-state index in [1.807, 2.05) is 30.5 Å². The summed E-state index contributed by atoms with van der Waals surface area (Å²) in [5.74, 6) is 0. The van der Waals surface area contributed by atoms with E-state index in [9.17, 15) is 9.13 Å². The van der Waals surface area contributed by atoms with Gasteiger partial charge in [-0.15, -0.1) is 11.8 Å². The van der Waals surface area contributed by atoms with Gasteiger partial charge in [-0.1, -0.05) is 23.9 Å². The maximum atomic E-state index is 13.5. The molecular formula is C16H28O6P2S2. The summed E-state index contributed by atoms with van der Waals surface area (Å²) in [5, 5.41) is 0. The molecule has 1 aromatic carbocycles. The van der Waals surface area contributed by atoms with Crippen molar-refractivity contribution in [2.24, 2.45) is 0 Å². The molecule has 26 heavy (non-hydrogen) atoms. The van der Waals surface area contributed by atoms with Crippen LogP contribution < -0.4 is 0 Å². The Balaban J connectivity index is 3.44. The van der Waals surface area contributed by atoms with E-state index in [1.165, 1.54) is 11.8 Å². The zero-order chi connectivity index (χ0) is 19.6. The van der Waals surface area contributed by atoms with Crippen molar-refractivity contribution in [3.63, 3.8) is 0 Å². The summed E-state index contributed by atoms with van der Waals surface area (Å²) < 4.78 is 47.9. The van der Waals surface area contributed by atoms with E-state index in [2.05, 4.69) is 0 Å². The van der Waals surface area contributed by atoms with Gasteiger partial charge in [-0.2, -0.15) is 0 Å². The van der Waals surface area contributed by atoms with Crippen LogP contribution in [0.2, 0.25) is 0 Å². The average molecular weight is 442 g/mol. The van der Waals surface area contributed by atoms with Gasteiger partial charge in [0.25, 0.3) is 0 Å². The van der Waals surface area contributed by atoms with Crippen LogP contribution >= 0.6 is 38.7 Å². The lowest BCUT2D eigenvalue weighted by atomic mass is 10.4. The number of thioether (sulfide) groups is 2. The molecule has 0 radical (unpaired) electrons. The van der Waals surface area contributed by atoms with E-state index >= 15 is 0 Å². The summed E-state index contributed by atoms with van der Waals surface area (Å²) in [6.07, 6.45) is 1.95. The monoisotopic (exact) mass is 442 g/mol. The lowest BCUT2D eigenvalue weighted by Crippen LogP contribution is -2.15. The minimum Gasteiger partial charge on any atom is -0.308 e. The molecule has 10 heteroatoms. The van der Waals surface area contributed by atoms with E-state index in [-0.39, 0.29) is 26.4 Å². The summed E-state index contributed by atoms with van der Waals surface area (Å²) in [6, 6.07) is 7.62. The number of rotatable bonds is 13. The van der Waals surface area contributed by atoms with Crippen molar-refractivity contribution in [3.05, 3.63) is 24.3 Å². The molecule has 0 unspecified atom stereocenters. The Morgan fingerprint density at radius 2 is 1.19 bits per heavy atom. The van der Waals surface area contributed by atoms with E-state index in [4.69, 9.17) is 18.1 Å². The van der Waals surface area contributed by atoms with E-state index in [0.717, 1.165) is 9.79 Å². The van der Waals surface area contributed by atoms with Gasteiger partial charge in [-0.25, -0.2) is 0 Å². The Bertz CT molecular complexity index is 593. The van der Waals surface area contributed by atoms with Gasteiger partial charge in [0.15, 0.2) is 0 Å². The molecule has 0 bridgehead atoms. The molecule has 0 atom stereocenters. The molecule has 0 aromatic heterocycles. The molecule has 0 amide bonds. The Morgan fingerprint density at radius 3 is 1.54 bits per heavy atom. The van der Waals surface area contributed by atoms with E-state index < -0.39 is 19.9 Å². The molecule has 150 valence electrons. The smallest absolute Gasteiger partial charge is 0.308 e. The fourth-order valence-electron chi connectivity index (χ4n) is 2.18. The molecule has 0 saturated heterocycles. The minimum absolute atomic E-state index is 0.163. The first-order valence-electron chi connectivity index (χ1n) is 8.47. The Kier molecular flexibility index (Phi) is 11.1. The zero-order valence-corrected chi connectivity index (χ0v) is 19.3. The SMILES string of the molecule is CCOP(=O)(OCC)C(Sc1ccccc1SC)P(=O)(OCC)OCC. The fourth-order valence-corrected chi connectivity index (χ4v) is 10.4. The molecule has 0 saturated carbocycles. The minimum atomic E-state index is -3.77. The number of benzene rings is 1. The highest BCUT2D eigenvalue weighted by Gasteiger charge is 2.51. The third-order valence-electron chi connectivity index (χ3n) is 3.08. The maximum Gasteiger partial charge on any atom is 0.356 e. The third kappa shape index (κ3) is 6.39. The largest absolute Gasteiger partial charge is 0.356 e. The van der Waals surface area contributed by atoms with Gasteiger partial charge in [0.1, 0.15) is 0 Å². The third-order valence-corrected chi connectivity index (χ3v) is 12.3. The summed E-state index contributed by atoms with van der Waals surface area (Å²) in [4.78, 5) is 1.80. The molecular weight excluding hydrogens is 414 g/mol. The van der Waals surface area contributed by atoms with Crippen LogP contribution in [0.3, 0.4) is 0 Å². The topological polar surface area (TPSA) is 71.1 Å². The molecule has 0 fully saturated rings. The van der Waals surface area contributed by atoms with Crippen LogP contribution in [0.1, 0.15) is 27.7 Å². The van der Waals surface area contributed by atoms with Gasteiger partial charge in [-0.05, 0) is 46.1 Å². The van der Waals surface area contributed by atoms with Crippen molar-refractivity contribution >= 4 is 38.7 Å². The predicted octanol–water partition coefficient (Wildman–Crippen LogP) is 6.32. The first-order valence-corrected chi connectivity index (χ1v) is 13.8. The molecule has 0 spiro atoms. The predicted molar refractivity (Wildman–Crippen MR) is 110 cm³/mol. The van der Waals surface area contributed by atoms with Gasteiger partial charge < -0.3 is 18.1 Å². The fraction of sp³-hybridized carbons (Fsp3) is 0.625. The molecule has 0 aliphatic carbocycles. The van der Waals surface area contributed by atoms with Crippen molar-refractivity contribution in [2.75, 3.05) is 32.7 Å². The zero-order valence-electron chi connectivity index (χ0n) is 15.9. The lowest BCUT2D eigenvalue weighted by molar-refractivity contribution is 0.203. The normalized spacial score (nSPS) is 12.7. The quantitative estimate of drug-likeness (QED) is 0.260. The van der Waals surface area contributed by atoms with Crippen molar-refractivity contribution in [3.8, 4) is 0 Å². The van der Waals surface area contributed by atoms with Gasteiger partial charge in [0.05, 0.1) is 26.4 Å². The van der Waals surface area contributed by atoms with E-state index in [0.29, 0.717) is 0 Å². The van der Waals surface area contributed by atoms with Crippen LogP contribution in [0, 0.1) is 0 Å². The van der Waals surface area contributed by atoms with E-state index in [1.54, 1.807) is 39.5 Å². The summed E-state index contributed by atoms with van der Waals surface area (Å²) in [6.45, 7) is 7.52. The lowest BCUT2D eigenvalue weighted by Gasteiger charge is -2.31. The van der Waals surface area contributed by atoms with Crippen LogP contribution in [0.4, 0.5) is 0 Å². The van der Waals surface area contributed by atoms with Crippen molar-refractivity contribution in [2.45, 2.75) is 42.2 Å².